The maximum atomic E-state index is 13.8. The summed E-state index contributed by atoms with van der Waals surface area (Å²) in [5, 5.41) is -0.410. The highest BCUT2D eigenvalue weighted by Crippen LogP contribution is 2.40. The van der Waals surface area contributed by atoms with Gasteiger partial charge in [-0.15, -0.1) is 0 Å². The lowest BCUT2D eigenvalue weighted by Crippen LogP contribution is -2.28. The fourth-order valence-corrected chi connectivity index (χ4v) is 4.14. The van der Waals surface area contributed by atoms with Crippen LogP contribution >= 0.6 is 11.8 Å². The quantitative estimate of drug-likeness (QED) is 0.420. The molecule has 4 rings (SSSR count). The summed E-state index contributed by atoms with van der Waals surface area (Å²) in [6.07, 6.45) is 1.61. The average molecular weight is 466 g/mol. The Bertz CT molecular complexity index is 1240. The molecule has 0 bridgehead atoms. The zero-order chi connectivity index (χ0) is 23.4. The summed E-state index contributed by atoms with van der Waals surface area (Å²) in [5.41, 5.74) is 1.46. The number of methoxy groups -OCH3 is 2. The number of benzene rings is 3. The Morgan fingerprint density at radius 2 is 1.64 bits per heavy atom. The van der Waals surface area contributed by atoms with Crippen LogP contribution in [0.4, 0.5) is 14.9 Å². The summed E-state index contributed by atoms with van der Waals surface area (Å²) >= 11 is 0.847. The van der Waals surface area contributed by atoms with Crippen molar-refractivity contribution >= 4 is 34.7 Å². The van der Waals surface area contributed by atoms with Gasteiger partial charge < -0.3 is 14.2 Å². The van der Waals surface area contributed by atoms with Gasteiger partial charge in [0.25, 0.3) is 11.1 Å². The van der Waals surface area contributed by atoms with E-state index in [2.05, 4.69) is 0 Å². The highest BCUT2D eigenvalue weighted by Gasteiger charge is 2.37. The second-order valence-electron chi connectivity index (χ2n) is 6.98. The van der Waals surface area contributed by atoms with E-state index in [1.807, 2.05) is 0 Å². The first kappa shape index (κ1) is 22.4. The molecule has 2 amide bonds. The molecular weight excluding hydrogens is 445 g/mol. The van der Waals surface area contributed by atoms with Crippen molar-refractivity contribution in [3.05, 3.63) is 88.6 Å². The number of para-hydroxylation sites is 2. The number of rotatable bonds is 7. The number of thioether (sulfide) groups is 1. The third kappa shape index (κ3) is 4.70. The van der Waals surface area contributed by atoms with Crippen LogP contribution < -0.4 is 19.1 Å². The molecule has 0 aromatic heterocycles. The molecule has 0 N–H and O–H groups in total. The predicted molar refractivity (Wildman–Crippen MR) is 125 cm³/mol. The normalized spacial score (nSPS) is 14.6. The summed E-state index contributed by atoms with van der Waals surface area (Å²) in [7, 11) is 2.97. The van der Waals surface area contributed by atoms with Gasteiger partial charge in [0.1, 0.15) is 18.2 Å². The van der Waals surface area contributed by atoms with Crippen LogP contribution in [0.2, 0.25) is 0 Å². The van der Waals surface area contributed by atoms with Crippen LogP contribution in [0.25, 0.3) is 6.08 Å². The van der Waals surface area contributed by atoms with Gasteiger partial charge in [0.2, 0.25) is 0 Å². The second-order valence-corrected chi connectivity index (χ2v) is 7.97. The summed E-state index contributed by atoms with van der Waals surface area (Å²) < 4.78 is 30.3. The zero-order valence-corrected chi connectivity index (χ0v) is 18.7. The molecule has 3 aromatic rings. The number of amides is 2. The maximum absolute atomic E-state index is 13.8. The van der Waals surface area contributed by atoms with Gasteiger partial charge in [-0.05, 0) is 53.7 Å². The molecule has 1 aliphatic heterocycles. The van der Waals surface area contributed by atoms with Crippen LogP contribution in [0.3, 0.4) is 0 Å². The van der Waals surface area contributed by atoms with Crippen LogP contribution in [0.1, 0.15) is 11.1 Å². The molecule has 1 saturated heterocycles. The van der Waals surface area contributed by atoms with Crippen LogP contribution in [0.5, 0.6) is 17.2 Å². The first-order valence-electron chi connectivity index (χ1n) is 9.97. The summed E-state index contributed by atoms with van der Waals surface area (Å²) in [6, 6.07) is 18.3. The highest BCUT2D eigenvalue weighted by molar-refractivity contribution is 8.19. The largest absolute Gasteiger partial charge is 0.495 e. The molecule has 0 unspecified atom stereocenters. The van der Waals surface area contributed by atoms with E-state index >= 15 is 0 Å². The van der Waals surface area contributed by atoms with Gasteiger partial charge in [0.15, 0.2) is 11.5 Å². The molecule has 0 aliphatic carbocycles. The van der Waals surface area contributed by atoms with Gasteiger partial charge in [-0.3, -0.25) is 9.59 Å². The Morgan fingerprint density at radius 3 is 2.39 bits per heavy atom. The van der Waals surface area contributed by atoms with Crippen molar-refractivity contribution < 1.29 is 28.2 Å². The molecule has 8 heteroatoms. The number of hydrogen-bond acceptors (Lipinski definition) is 6. The standard InChI is InChI=1S/C25H20FNO5S/c1-30-20-10-6-5-9-19(20)27-24(28)23(33-25(27)29)14-16-11-12-21(22(13-16)31-2)32-15-17-7-3-4-8-18(17)26/h3-14H,15H2,1-2H3/b23-14-. The molecule has 33 heavy (non-hydrogen) atoms. The fourth-order valence-electron chi connectivity index (χ4n) is 3.31. The van der Waals surface area contributed by atoms with Gasteiger partial charge in [-0.25, -0.2) is 9.29 Å². The number of nitrogens with zero attached hydrogens (tertiary/aromatic N) is 1. The molecule has 3 aromatic carbocycles. The van der Waals surface area contributed by atoms with Crippen molar-refractivity contribution in [1.29, 1.82) is 0 Å². The van der Waals surface area contributed by atoms with E-state index in [1.165, 1.54) is 20.3 Å². The molecule has 0 atom stereocenters. The summed E-state index contributed by atoms with van der Waals surface area (Å²) in [6.45, 7) is 0.0418. The van der Waals surface area contributed by atoms with Crippen LogP contribution in [-0.2, 0) is 11.4 Å². The Hall–Kier alpha value is -3.78. The lowest BCUT2D eigenvalue weighted by molar-refractivity contribution is -0.113. The number of halogens is 1. The number of imide groups is 1. The third-order valence-electron chi connectivity index (χ3n) is 4.95. The van der Waals surface area contributed by atoms with Crippen molar-refractivity contribution in [1.82, 2.24) is 0 Å². The Morgan fingerprint density at radius 1 is 0.909 bits per heavy atom. The minimum Gasteiger partial charge on any atom is -0.495 e. The molecule has 0 saturated carbocycles. The maximum Gasteiger partial charge on any atom is 0.298 e. The van der Waals surface area contributed by atoms with E-state index in [1.54, 1.807) is 66.7 Å². The first-order valence-corrected chi connectivity index (χ1v) is 10.8. The monoisotopic (exact) mass is 465 g/mol. The SMILES string of the molecule is COc1cc(/C=C2\SC(=O)N(c3ccccc3OC)C2=O)ccc1OCc1ccccc1F. The molecule has 1 fully saturated rings. The van der Waals surface area contributed by atoms with E-state index in [4.69, 9.17) is 14.2 Å². The van der Waals surface area contributed by atoms with Gasteiger partial charge in [0.05, 0.1) is 24.8 Å². The molecule has 168 valence electrons. The number of ether oxygens (including phenoxy) is 3. The Kier molecular flexibility index (Phi) is 6.65. The predicted octanol–water partition coefficient (Wildman–Crippen LogP) is 5.66. The zero-order valence-electron chi connectivity index (χ0n) is 17.9. The second kappa shape index (κ2) is 9.79. The molecule has 6 nitrogen and oxygen atoms in total. The Balaban J connectivity index is 1.56. The van der Waals surface area contributed by atoms with E-state index in [-0.39, 0.29) is 17.3 Å². The molecular formula is C25H20FNO5S. The first-order chi connectivity index (χ1) is 16.0. The van der Waals surface area contributed by atoms with Crippen molar-refractivity contribution in [2.75, 3.05) is 19.1 Å². The molecule has 0 radical (unpaired) electrons. The van der Waals surface area contributed by atoms with Gasteiger partial charge in [-0.2, -0.15) is 0 Å². The topological polar surface area (TPSA) is 65.1 Å². The van der Waals surface area contributed by atoms with Crippen molar-refractivity contribution in [3.8, 4) is 17.2 Å². The van der Waals surface area contributed by atoms with E-state index in [0.717, 1.165) is 16.7 Å². The fraction of sp³-hybridized carbons (Fsp3) is 0.120. The van der Waals surface area contributed by atoms with Crippen LogP contribution in [0, 0.1) is 5.82 Å². The van der Waals surface area contributed by atoms with Crippen molar-refractivity contribution in [3.63, 3.8) is 0 Å². The smallest absolute Gasteiger partial charge is 0.298 e. The minimum absolute atomic E-state index is 0.0418. The number of carbonyl (C=O) groups is 2. The van der Waals surface area contributed by atoms with E-state index < -0.39 is 11.1 Å². The van der Waals surface area contributed by atoms with E-state index in [9.17, 15) is 14.0 Å². The van der Waals surface area contributed by atoms with E-state index in [0.29, 0.717) is 34.1 Å². The highest BCUT2D eigenvalue weighted by atomic mass is 32.2. The van der Waals surface area contributed by atoms with Crippen LogP contribution in [0.15, 0.2) is 71.6 Å². The van der Waals surface area contributed by atoms with Gasteiger partial charge in [-0.1, -0.05) is 36.4 Å². The lowest BCUT2D eigenvalue weighted by Gasteiger charge is -2.15. The average Bonchev–Trinajstić information content (AvgIpc) is 3.11. The molecule has 1 aliphatic rings. The molecule has 1 heterocycles. The molecule has 0 spiro atoms. The number of hydrogen-bond donors (Lipinski definition) is 0. The number of carbonyl (C=O) groups excluding carboxylic acids is 2. The summed E-state index contributed by atoms with van der Waals surface area (Å²) in [5.74, 6) is 0.496. The Labute approximate surface area is 194 Å². The van der Waals surface area contributed by atoms with Gasteiger partial charge >= 0.3 is 0 Å². The lowest BCUT2D eigenvalue weighted by atomic mass is 10.1. The van der Waals surface area contributed by atoms with Crippen molar-refractivity contribution in [2.24, 2.45) is 0 Å². The summed E-state index contributed by atoms with van der Waals surface area (Å²) in [4.78, 5) is 26.9. The number of anilines is 1. The minimum atomic E-state index is -0.437. The van der Waals surface area contributed by atoms with Gasteiger partial charge in [0, 0.05) is 5.56 Å². The third-order valence-corrected chi connectivity index (χ3v) is 5.82. The van der Waals surface area contributed by atoms with Crippen LogP contribution in [-0.4, -0.2) is 25.4 Å². The van der Waals surface area contributed by atoms with Crippen molar-refractivity contribution in [2.45, 2.75) is 6.61 Å².